The number of unbranched alkanes of at least 4 members (excludes halogenated alkanes) is 3. The lowest BCUT2D eigenvalue weighted by Crippen LogP contribution is -2.30. The molecule has 1 atom stereocenters. The summed E-state index contributed by atoms with van der Waals surface area (Å²) in [4.78, 5) is 37.8. The van der Waals surface area contributed by atoms with Gasteiger partial charge < -0.3 is 14.2 Å². The Hall–Kier alpha value is -5.23. The van der Waals surface area contributed by atoms with Gasteiger partial charge in [0.1, 0.15) is 13.2 Å². The van der Waals surface area contributed by atoms with Crippen molar-refractivity contribution in [3.8, 4) is 0 Å². The van der Waals surface area contributed by atoms with Gasteiger partial charge in [0.2, 0.25) is 0 Å². The zero-order valence-electron chi connectivity index (χ0n) is 39.2. The van der Waals surface area contributed by atoms with Crippen molar-refractivity contribution in [1.82, 2.24) is 0 Å². The minimum atomic E-state index is -0.872. The molecule has 6 heteroatoms. The summed E-state index contributed by atoms with van der Waals surface area (Å²) >= 11 is 0. The third kappa shape index (κ3) is 47.7. The van der Waals surface area contributed by atoms with Crippen LogP contribution in [0.3, 0.4) is 0 Å². The molecule has 0 fully saturated rings. The highest BCUT2D eigenvalue weighted by Gasteiger charge is 2.19. The number of carbonyl (C=O) groups excluding carboxylic acids is 3. The predicted molar refractivity (Wildman–Crippen MR) is 269 cm³/mol. The number of ether oxygens (including phenoxy) is 3. The summed E-state index contributed by atoms with van der Waals surface area (Å²) in [7, 11) is 0. The molecule has 0 saturated heterocycles. The smallest absolute Gasteiger partial charge is 0.306 e. The molecular weight excluding hydrogens is 781 g/mol. The molecule has 0 radical (unpaired) electrons. The summed E-state index contributed by atoms with van der Waals surface area (Å²) < 4.78 is 16.6. The average Bonchev–Trinajstić information content (AvgIpc) is 3.28. The zero-order valence-corrected chi connectivity index (χ0v) is 39.2. The molecule has 0 aromatic rings. The molecule has 0 amide bonds. The van der Waals surface area contributed by atoms with Crippen LogP contribution in [0, 0.1) is 0 Å². The van der Waals surface area contributed by atoms with E-state index in [0.29, 0.717) is 19.3 Å². The maximum Gasteiger partial charge on any atom is 0.306 e. The van der Waals surface area contributed by atoms with Gasteiger partial charge in [-0.1, -0.05) is 197 Å². The van der Waals surface area contributed by atoms with Crippen molar-refractivity contribution >= 4 is 17.9 Å². The quantitative estimate of drug-likeness (QED) is 0.0201. The van der Waals surface area contributed by atoms with Gasteiger partial charge in [0.15, 0.2) is 6.10 Å². The molecule has 0 aromatic carbocycles. The zero-order chi connectivity index (χ0) is 45.8. The second-order valence-corrected chi connectivity index (χ2v) is 14.6. The second-order valence-electron chi connectivity index (χ2n) is 14.6. The summed E-state index contributed by atoms with van der Waals surface area (Å²) in [5.74, 6) is -1.19. The van der Waals surface area contributed by atoms with Crippen molar-refractivity contribution in [3.05, 3.63) is 170 Å². The summed E-state index contributed by atoms with van der Waals surface area (Å²) in [5, 5.41) is 0. The Balaban J connectivity index is 4.72. The highest BCUT2D eigenvalue weighted by Crippen LogP contribution is 2.08. The minimum Gasteiger partial charge on any atom is -0.462 e. The van der Waals surface area contributed by atoms with Crippen molar-refractivity contribution < 1.29 is 28.6 Å². The SMILES string of the molecule is CC/C=C/C=C/C=C/C=C/CCCCCC(=O)OCC(COC(=O)CC/C=C/C/C=C/C/C=C/C/C=C/C/C=C/CC)OC(=O)CC/C=C/C/C=C/C/C=C/C/C=C/C/C=C/CC. The van der Waals surface area contributed by atoms with E-state index in [9.17, 15) is 14.4 Å². The van der Waals surface area contributed by atoms with Crippen LogP contribution >= 0.6 is 0 Å². The lowest BCUT2D eigenvalue weighted by atomic mass is 10.1. The molecule has 6 nitrogen and oxygen atoms in total. The molecule has 0 N–H and O–H groups in total. The van der Waals surface area contributed by atoms with Crippen molar-refractivity contribution in [1.29, 1.82) is 0 Å². The van der Waals surface area contributed by atoms with E-state index in [0.717, 1.165) is 89.9 Å². The average molecular weight is 863 g/mol. The van der Waals surface area contributed by atoms with Crippen LogP contribution in [0.2, 0.25) is 0 Å². The van der Waals surface area contributed by atoms with Gasteiger partial charge in [0, 0.05) is 19.3 Å². The first-order valence-electron chi connectivity index (χ1n) is 23.7. The van der Waals surface area contributed by atoms with Gasteiger partial charge in [-0.25, -0.2) is 0 Å². The molecule has 0 saturated carbocycles. The largest absolute Gasteiger partial charge is 0.462 e. The van der Waals surface area contributed by atoms with Crippen molar-refractivity contribution in [2.45, 2.75) is 155 Å². The van der Waals surface area contributed by atoms with E-state index in [1.54, 1.807) is 0 Å². The molecule has 0 bridgehead atoms. The van der Waals surface area contributed by atoms with Gasteiger partial charge in [0.05, 0.1) is 0 Å². The van der Waals surface area contributed by atoms with Gasteiger partial charge in [-0.15, -0.1) is 0 Å². The van der Waals surface area contributed by atoms with Gasteiger partial charge in [0.25, 0.3) is 0 Å². The lowest BCUT2D eigenvalue weighted by Gasteiger charge is -2.18. The minimum absolute atomic E-state index is 0.161. The lowest BCUT2D eigenvalue weighted by molar-refractivity contribution is -0.166. The first kappa shape index (κ1) is 57.8. The van der Waals surface area contributed by atoms with Crippen LogP contribution < -0.4 is 0 Å². The molecular formula is C57H82O6. The molecule has 0 heterocycles. The van der Waals surface area contributed by atoms with E-state index >= 15 is 0 Å². The molecule has 0 aliphatic heterocycles. The molecule has 0 spiro atoms. The first-order chi connectivity index (χ1) is 31.0. The van der Waals surface area contributed by atoms with Crippen LogP contribution in [-0.2, 0) is 28.6 Å². The number of hydrogen-bond donors (Lipinski definition) is 0. The molecule has 0 aliphatic rings. The van der Waals surface area contributed by atoms with Gasteiger partial charge >= 0.3 is 17.9 Å². The van der Waals surface area contributed by atoms with E-state index in [2.05, 4.69) is 130 Å². The van der Waals surface area contributed by atoms with E-state index in [-0.39, 0.29) is 38.4 Å². The Bertz CT molecular complexity index is 1550. The highest BCUT2D eigenvalue weighted by molar-refractivity contribution is 5.71. The molecule has 346 valence electrons. The fourth-order valence-corrected chi connectivity index (χ4v) is 5.37. The molecule has 1 unspecified atom stereocenters. The number of allylic oxidation sites excluding steroid dienone is 28. The Labute approximate surface area is 383 Å². The number of hydrogen-bond acceptors (Lipinski definition) is 6. The summed E-state index contributed by atoms with van der Waals surface area (Å²) in [5.41, 5.74) is 0. The van der Waals surface area contributed by atoms with Crippen LogP contribution in [0.4, 0.5) is 0 Å². The van der Waals surface area contributed by atoms with Gasteiger partial charge in [-0.3, -0.25) is 14.4 Å². The van der Waals surface area contributed by atoms with Crippen LogP contribution in [0.15, 0.2) is 170 Å². The predicted octanol–water partition coefficient (Wildman–Crippen LogP) is 15.6. The fraction of sp³-hybridized carbons (Fsp3) is 0.456. The monoisotopic (exact) mass is 863 g/mol. The van der Waals surface area contributed by atoms with Crippen molar-refractivity contribution in [2.75, 3.05) is 13.2 Å². The van der Waals surface area contributed by atoms with E-state index in [4.69, 9.17) is 14.2 Å². The molecule has 0 aromatic heterocycles. The van der Waals surface area contributed by atoms with Crippen molar-refractivity contribution in [2.24, 2.45) is 0 Å². The second kappa shape index (κ2) is 49.4. The number of esters is 3. The number of rotatable bonds is 39. The Kier molecular flexibility index (Phi) is 45.3. The van der Waals surface area contributed by atoms with Gasteiger partial charge in [-0.05, 0) is 103 Å². The summed E-state index contributed by atoms with van der Waals surface area (Å²) in [6.07, 6.45) is 73.6. The maximum absolute atomic E-state index is 12.7. The summed E-state index contributed by atoms with van der Waals surface area (Å²) in [6, 6.07) is 0. The third-order valence-corrected chi connectivity index (χ3v) is 8.82. The van der Waals surface area contributed by atoms with Crippen LogP contribution in [0.25, 0.3) is 0 Å². The molecule has 0 aliphatic carbocycles. The Morgan fingerprint density at radius 2 is 0.683 bits per heavy atom. The molecule has 0 rings (SSSR count). The normalized spacial score (nSPS) is 13.6. The number of carbonyl (C=O) groups is 3. The Morgan fingerprint density at radius 3 is 1.11 bits per heavy atom. The third-order valence-electron chi connectivity index (χ3n) is 8.82. The highest BCUT2D eigenvalue weighted by atomic mass is 16.6. The van der Waals surface area contributed by atoms with Crippen LogP contribution in [0.1, 0.15) is 149 Å². The Morgan fingerprint density at radius 1 is 0.333 bits per heavy atom. The van der Waals surface area contributed by atoms with E-state index < -0.39 is 18.0 Å². The van der Waals surface area contributed by atoms with Crippen molar-refractivity contribution in [3.63, 3.8) is 0 Å². The van der Waals surface area contributed by atoms with E-state index in [1.165, 1.54) is 0 Å². The van der Waals surface area contributed by atoms with Crippen LogP contribution in [-0.4, -0.2) is 37.2 Å². The van der Waals surface area contributed by atoms with E-state index in [1.807, 2.05) is 60.8 Å². The standard InChI is InChI=1S/C57H82O6/c1-4-7-10-13-16-19-22-25-27-29-32-35-38-41-44-47-50-56(59)62-53-54(52-61-55(58)49-46-43-40-37-34-31-24-21-18-15-12-9-6-3)63-57(60)51-48-45-42-39-36-33-30-28-26-23-20-17-14-11-8-5-2/h7-12,15-21,24-28,31-36,41-42,44-45,54H,4-6,13-14,22-23,29-30,37-40,43,46-53H2,1-3H3/b10-7+,11-8+,12-9+,18-15+,19-16+,20-17+,24-21+,27-25+,28-26+,34-31+,35-32+,36-33+,44-41+,45-42+. The fourth-order valence-electron chi connectivity index (χ4n) is 5.37. The first-order valence-corrected chi connectivity index (χ1v) is 23.7. The van der Waals surface area contributed by atoms with Crippen LogP contribution in [0.5, 0.6) is 0 Å². The summed E-state index contributed by atoms with van der Waals surface area (Å²) in [6.45, 7) is 6.05. The topological polar surface area (TPSA) is 78.9 Å². The maximum atomic E-state index is 12.7. The van der Waals surface area contributed by atoms with Gasteiger partial charge in [-0.2, -0.15) is 0 Å². The molecule has 63 heavy (non-hydrogen) atoms.